The standard InChI is InChI=1S/C57H52N2P2/c1-36(2)60-54-32-44-22-14-12-20-42(44)28-50(54)58(5)52-30-46-24-38-16-8-10-18-40(38)26-48(46)34-56(52)61(7,37(3)4)57-35-49-27-41-19-11-9-17-39(41)25-47(49)31-53(57)59(6)51-29-43-21-13-15-23-45(43)33-55(51)60/h8-37,61H,1-7H3. The van der Waals surface area contributed by atoms with Crippen LogP contribution in [0.3, 0.4) is 0 Å². The Kier molecular flexibility index (Phi) is 9.02. The van der Waals surface area contributed by atoms with Crippen molar-refractivity contribution >= 4 is 124 Å². The molecule has 10 aromatic rings. The van der Waals surface area contributed by atoms with E-state index in [0.717, 1.165) is 0 Å². The maximum absolute atomic E-state index is 2.66. The first-order chi connectivity index (χ1) is 29.6. The molecule has 0 unspecified atom stereocenters. The van der Waals surface area contributed by atoms with Gasteiger partial charge in [-0.25, -0.2) is 0 Å². The molecular weight excluding hydrogens is 775 g/mol. The normalized spacial score (nSPS) is 15.9. The van der Waals surface area contributed by atoms with Crippen LogP contribution < -0.4 is 31.0 Å². The molecular formula is C57H52N2P2. The second-order valence-corrected chi connectivity index (χ2v) is 25.5. The molecule has 0 N–H and O–H groups in total. The summed E-state index contributed by atoms with van der Waals surface area (Å²) in [6, 6.07) is 65.6. The number of nitrogens with zero attached hydrogens (tertiary/aromatic N) is 2. The van der Waals surface area contributed by atoms with Crippen molar-refractivity contribution in [1.29, 1.82) is 0 Å². The molecule has 0 bridgehead atoms. The van der Waals surface area contributed by atoms with Crippen molar-refractivity contribution in [2.45, 2.75) is 39.0 Å². The molecule has 10 aromatic carbocycles. The average Bonchev–Trinajstić information content (AvgIpc) is 3.27. The average molecular weight is 827 g/mol. The van der Waals surface area contributed by atoms with Crippen molar-refractivity contribution in [2.75, 3.05) is 30.6 Å². The van der Waals surface area contributed by atoms with E-state index in [4.69, 9.17) is 0 Å². The molecule has 61 heavy (non-hydrogen) atoms. The zero-order valence-electron chi connectivity index (χ0n) is 36.2. The van der Waals surface area contributed by atoms with Crippen LogP contribution in [0.25, 0.3) is 64.6 Å². The Morgan fingerprint density at radius 3 is 0.951 bits per heavy atom. The van der Waals surface area contributed by atoms with Crippen LogP contribution in [-0.2, 0) is 0 Å². The molecule has 2 nitrogen and oxygen atoms in total. The topological polar surface area (TPSA) is 6.48 Å². The van der Waals surface area contributed by atoms with Gasteiger partial charge in [0.25, 0.3) is 0 Å². The predicted octanol–water partition coefficient (Wildman–Crippen LogP) is 14.0. The molecule has 0 radical (unpaired) electrons. The first-order valence-electron chi connectivity index (χ1n) is 21.8. The Bertz CT molecular complexity index is 3190. The summed E-state index contributed by atoms with van der Waals surface area (Å²) < 4.78 is 0. The molecule has 1 aliphatic rings. The molecule has 300 valence electrons. The summed E-state index contributed by atoms with van der Waals surface area (Å²) in [6.45, 7) is 12.5. The summed E-state index contributed by atoms with van der Waals surface area (Å²) in [7, 11) is 1.20. The van der Waals surface area contributed by atoms with E-state index in [1.54, 1.807) is 0 Å². The van der Waals surface area contributed by atoms with Crippen LogP contribution in [0.4, 0.5) is 22.7 Å². The SMILES string of the molecule is CC(C)P1c2cc3ccccc3cc2N(C)c2cc3cc4ccccc4cc3cc2[PH](C)(C(C)C)c2cc3cc4ccccc4cc3cc2N(C)c2cc3ccccc3cc21. The third kappa shape index (κ3) is 6.06. The van der Waals surface area contributed by atoms with E-state index in [0.29, 0.717) is 11.3 Å². The quantitative estimate of drug-likeness (QED) is 0.127. The van der Waals surface area contributed by atoms with Gasteiger partial charge >= 0.3 is 363 Å². The molecule has 0 saturated carbocycles. The van der Waals surface area contributed by atoms with Gasteiger partial charge in [-0.15, -0.1) is 0 Å². The zero-order chi connectivity index (χ0) is 41.7. The Morgan fingerprint density at radius 1 is 0.361 bits per heavy atom. The van der Waals surface area contributed by atoms with Crippen molar-refractivity contribution < 1.29 is 0 Å². The Balaban J connectivity index is 1.34. The van der Waals surface area contributed by atoms with Crippen molar-refractivity contribution in [1.82, 2.24) is 0 Å². The Hall–Kier alpha value is -5.78. The van der Waals surface area contributed by atoms with Crippen LogP contribution in [-0.4, -0.2) is 32.1 Å². The second-order valence-electron chi connectivity index (χ2n) is 18.1. The van der Waals surface area contributed by atoms with Crippen molar-refractivity contribution in [3.05, 3.63) is 170 Å². The number of anilines is 4. The summed E-state index contributed by atoms with van der Waals surface area (Å²) in [5.41, 5.74) is 5.98. The molecule has 1 heterocycles. The Morgan fingerprint density at radius 2 is 0.639 bits per heavy atom. The molecule has 0 saturated heterocycles. The minimum absolute atomic E-state index is 0.375. The minimum atomic E-state index is -2.65. The maximum atomic E-state index is 2.66. The molecule has 0 fully saturated rings. The number of benzene rings is 10. The van der Waals surface area contributed by atoms with E-state index in [1.807, 2.05) is 0 Å². The van der Waals surface area contributed by atoms with Crippen molar-refractivity contribution in [3.8, 4) is 0 Å². The van der Waals surface area contributed by atoms with E-state index in [-0.39, 0.29) is 0 Å². The van der Waals surface area contributed by atoms with Crippen LogP contribution >= 0.6 is 15.2 Å². The van der Waals surface area contributed by atoms with E-state index >= 15 is 0 Å². The summed E-state index contributed by atoms with van der Waals surface area (Å²) >= 11 is 0. The van der Waals surface area contributed by atoms with Gasteiger partial charge in [0.1, 0.15) is 0 Å². The van der Waals surface area contributed by atoms with Gasteiger partial charge in [0.2, 0.25) is 0 Å². The molecule has 0 aliphatic carbocycles. The summed E-state index contributed by atoms with van der Waals surface area (Å²) in [6.07, 6.45) is 0. The summed E-state index contributed by atoms with van der Waals surface area (Å²) in [5, 5.41) is 21.2. The molecule has 1 aliphatic heterocycles. The fourth-order valence-electron chi connectivity index (χ4n) is 10.4. The van der Waals surface area contributed by atoms with Gasteiger partial charge in [-0.3, -0.25) is 0 Å². The van der Waals surface area contributed by atoms with Gasteiger partial charge in [-0.2, -0.15) is 0 Å². The van der Waals surface area contributed by atoms with Gasteiger partial charge in [0.15, 0.2) is 0 Å². The van der Waals surface area contributed by atoms with E-state index in [1.165, 1.54) is 109 Å². The first-order valence-corrected chi connectivity index (χ1v) is 25.8. The second kappa shape index (κ2) is 14.4. The molecule has 0 amide bonds. The van der Waals surface area contributed by atoms with Crippen molar-refractivity contribution in [3.63, 3.8) is 0 Å². The fourth-order valence-corrected chi connectivity index (χ4v) is 17.3. The first kappa shape index (κ1) is 38.2. The van der Waals surface area contributed by atoms with Gasteiger partial charge in [-0.05, 0) is 0 Å². The molecule has 11 rings (SSSR count). The Labute approximate surface area is 361 Å². The zero-order valence-corrected chi connectivity index (χ0v) is 38.1. The number of fused-ring (bicyclic) bond motifs is 10. The van der Waals surface area contributed by atoms with Gasteiger partial charge in [0.05, 0.1) is 0 Å². The molecule has 0 aromatic heterocycles. The van der Waals surface area contributed by atoms with Crippen molar-refractivity contribution in [2.24, 2.45) is 0 Å². The van der Waals surface area contributed by atoms with E-state index < -0.39 is 15.2 Å². The number of rotatable bonds is 2. The summed E-state index contributed by atoms with van der Waals surface area (Å²) in [4.78, 5) is 5.19. The van der Waals surface area contributed by atoms with Crippen LogP contribution in [0.15, 0.2) is 170 Å². The number of hydrogen-bond donors (Lipinski definition) is 0. The molecule has 0 spiro atoms. The summed E-state index contributed by atoms with van der Waals surface area (Å²) in [5.74, 6) is 0. The third-order valence-corrected chi connectivity index (χ3v) is 22.2. The van der Waals surface area contributed by atoms with Crippen LogP contribution in [0, 0.1) is 0 Å². The van der Waals surface area contributed by atoms with Crippen LogP contribution in [0.1, 0.15) is 27.7 Å². The van der Waals surface area contributed by atoms with Gasteiger partial charge in [-0.1, -0.05) is 0 Å². The monoisotopic (exact) mass is 826 g/mol. The molecule has 0 atom stereocenters. The van der Waals surface area contributed by atoms with E-state index in [9.17, 15) is 0 Å². The predicted molar refractivity (Wildman–Crippen MR) is 277 cm³/mol. The van der Waals surface area contributed by atoms with Gasteiger partial charge < -0.3 is 0 Å². The fraction of sp³-hybridized carbons (Fsp3) is 0.158. The van der Waals surface area contributed by atoms with Crippen LogP contribution in [0.5, 0.6) is 0 Å². The van der Waals surface area contributed by atoms with Crippen LogP contribution in [0.2, 0.25) is 0 Å². The number of hydrogen-bond acceptors (Lipinski definition) is 2. The van der Waals surface area contributed by atoms with Gasteiger partial charge in [0, 0.05) is 0 Å². The van der Waals surface area contributed by atoms with E-state index in [2.05, 4.69) is 228 Å². The third-order valence-electron chi connectivity index (χ3n) is 14.1. The molecule has 4 heteroatoms.